The van der Waals surface area contributed by atoms with Crippen LogP contribution in [0.25, 0.3) is 0 Å². The number of methoxy groups -OCH3 is 2. The quantitative estimate of drug-likeness (QED) is 0.793. The summed E-state index contributed by atoms with van der Waals surface area (Å²) in [6, 6.07) is 5.96. The van der Waals surface area contributed by atoms with Crippen molar-refractivity contribution in [2.45, 2.75) is 12.8 Å². The van der Waals surface area contributed by atoms with Crippen molar-refractivity contribution < 1.29 is 14.3 Å². The van der Waals surface area contributed by atoms with Gasteiger partial charge in [-0.2, -0.15) is 0 Å². The lowest BCUT2D eigenvalue weighted by molar-refractivity contribution is -0.116. The minimum atomic E-state index is 0.349. The molecule has 1 aromatic rings. The van der Waals surface area contributed by atoms with Gasteiger partial charge in [0.1, 0.15) is 5.78 Å². The Morgan fingerprint density at radius 1 is 1.22 bits per heavy atom. The molecule has 4 nitrogen and oxygen atoms in total. The molecule has 0 amide bonds. The van der Waals surface area contributed by atoms with Crippen molar-refractivity contribution in [1.82, 2.24) is 4.90 Å². The first-order chi connectivity index (χ1) is 8.72. The lowest BCUT2D eigenvalue weighted by Gasteiger charge is -2.14. The monoisotopic (exact) mass is 249 g/mol. The van der Waals surface area contributed by atoms with Crippen LogP contribution in [-0.2, 0) is 11.2 Å². The van der Waals surface area contributed by atoms with Gasteiger partial charge < -0.3 is 9.47 Å². The zero-order valence-corrected chi connectivity index (χ0v) is 10.9. The summed E-state index contributed by atoms with van der Waals surface area (Å²) in [4.78, 5) is 13.4. The van der Waals surface area contributed by atoms with Gasteiger partial charge in [0.15, 0.2) is 11.5 Å². The fourth-order valence-electron chi connectivity index (χ4n) is 2.20. The average Bonchev–Trinajstić information content (AvgIpc) is 2.81. The molecule has 1 aliphatic heterocycles. The Bertz CT molecular complexity index is 431. The summed E-state index contributed by atoms with van der Waals surface area (Å²) in [7, 11) is 3.27. The van der Waals surface area contributed by atoms with E-state index < -0.39 is 0 Å². The number of hydrogen-bond acceptors (Lipinski definition) is 4. The van der Waals surface area contributed by atoms with Crippen molar-refractivity contribution >= 4 is 5.78 Å². The normalized spacial score (nSPS) is 16.0. The molecule has 0 spiro atoms. The third kappa shape index (κ3) is 3.01. The van der Waals surface area contributed by atoms with E-state index in [-0.39, 0.29) is 0 Å². The van der Waals surface area contributed by atoms with Gasteiger partial charge >= 0.3 is 0 Å². The van der Waals surface area contributed by atoms with Gasteiger partial charge in [-0.15, -0.1) is 0 Å². The van der Waals surface area contributed by atoms with Gasteiger partial charge in [-0.3, -0.25) is 9.69 Å². The maximum Gasteiger partial charge on any atom is 0.160 e. The van der Waals surface area contributed by atoms with Gasteiger partial charge in [0.05, 0.1) is 20.8 Å². The molecule has 1 fully saturated rings. The second kappa shape index (κ2) is 5.87. The number of ketones is 1. The highest BCUT2D eigenvalue weighted by molar-refractivity contribution is 5.82. The maximum atomic E-state index is 11.2. The molecule has 0 saturated carbocycles. The number of hydrogen-bond donors (Lipinski definition) is 0. The van der Waals surface area contributed by atoms with Crippen LogP contribution in [0.5, 0.6) is 11.5 Å². The average molecular weight is 249 g/mol. The summed E-state index contributed by atoms with van der Waals surface area (Å²) in [5.41, 5.74) is 1.20. The molecule has 98 valence electrons. The number of benzene rings is 1. The molecule has 2 rings (SSSR count). The molecule has 0 unspecified atom stereocenters. The van der Waals surface area contributed by atoms with Gasteiger partial charge in [-0.1, -0.05) is 6.07 Å². The Balaban J connectivity index is 1.95. The summed E-state index contributed by atoms with van der Waals surface area (Å²) >= 11 is 0. The van der Waals surface area contributed by atoms with Crippen molar-refractivity contribution in [3.63, 3.8) is 0 Å². The molecule has 0 N–H and O–H groups in total. The second-order valence-corrected chi connectivity index (χ2v) is 4.50. The van der Waals surface area contributed by atoms with Crippen LogP contribution in [0.2, 0.25) is 0 Å². The molecule has 1 aliphatic rings. The molecule has 0 radical (unpaired) electrons. The Morgan fingerprint density at radius 3 is 2.61 bits per heavy atom. The predicted octanol–water partition coefficient (Wildman–Crippen LogP) is 1.52. The fraction of sp³-hybridized carbons (Fsp3) is 0.500. The van der Waals surface area contributed by atoms with E-state index in [1.54, 1.807) is 14.2 Å². The zero-order valence-electron chi connectivity index (χ0n) is 10.9. The van der Waals surface area contributed by atoms with Crippen molar-refractivity contribution in [3.8, 4) is 11.5 Å². The summed E-state index contributed by atoms with van der Waals surface area (Å²) in [6.45, 7) is 2.42. The van der Waals surface area contributed by atoms with Crippen molar-refractivity contribution in [3.05, 3.63) is 23.8 Å². The molecular weight excluding hydrogens is 230 g/mol. The van der Waals surface area contributed by atoms with Crippen LogP contribution in [-0.4, -0.2) is 44.5 Å². The highest BCUT2D eigenvalue weighted by Crippen LogP contribution is 2.27. The number of rotatable bonds is 5. The number of ether oxygens (including phenoxy) is 2. The van der Waals surface area contributed by atoms with E-state index in [1.165, 1.54) is 5.56 Å². The molecular formula is C14H19NO3. The van der Waals surface area contributed by atoms with E-state index >= 15 is 0 Å². The van der Waals surface area contributed by atoms with Crippen LogP contribution in [0, 0.1) is 0 Å². The van der Waals surface area contributed by atoms with Crippen LogP contribution >= 0.6 is 0 Å². The molecule has 0 atom stereocenters. The minimum Gasteiger partial charge on any atom is -0.493 e. The largest absolute Gasteiger partial charge is 0.493 e. The molecule has 1 aromatic carbocycles. The van der Waals surface area contributed by atoms with E-state index in [9.17, 15) is 4.79 Å². The fourth-order valence-corrected chi connectivity index (χ4v) is 2.20. The van der Waals surface area contributed by atoms with E-state index in [0.29, 0.717) is 18.7 Å². The van der Waals surface area contributed by atoms with Gasteiger partial charge in [-0.05, 0) is 24.1 Å². The van der Waals surface area contributed by atoms with Crippen molar-refractivity contribution in [2.24, 2.45) is 0 Å². The Kier molecular flexibility index (Phi) is 4.20. The first-order valence-electron chi connectivity index (χ1n) is 6.18. The molecule has 0 bridgehead atoms. The van der Waals surface area contributed by atoms with E-state index in [0.717, 1.165) is 31.0 Å². The van der Waals surface area contributed by atoms with Gasteiger partial charge in [0.2, 0.25) is 0 Å². The van der Waals surface area contributed by atoms with E-state index in [1.807, 2.05) is 18.2 Å². The minimum absolute atomic E-state index is 0.349. The third-order valence-electron chi connectivity index (χ3n) is 3.27. The van der Waals surface area contributed by atoms with Crippen LogP contribution in [0.15, 0.2) is 18.2 Å². The van der Waals surface area contributed by atoms with Crippen molar-refractivity contribution in [1.29, 1.82) is 0 Å². The lowest BCUT2D eigenvalue weighted by atomic mass is 10.1. The Morgan fingerprint density at radius 2 is 2.00 bits per heavy atom. The Hall–Kier alpha value is -1.55. The van der Waals surface area contributed by atoms with Crippen LogP contribution in [0.4, 0.5) is 0 Å². The Labute approximate surface area is 107 Å². The van der Waals surface area contributed by atoms with Gasteiger partial charge in [-0.25, -0.2) is 0 Å². The van der Waals surface area contributed by atoms with Crippen LogP contribution in [0.3, 0.4) is 0 Å². The highest BCUT2D eigenvalue weighted by Gasteiger charge is 2.18. The summed E-state index contributed by atoms with van der Waals surface area (Å²) < 4.78 is 10.5. The third-order valence-corrected chi connectivity index (χ3v) is 3.27. The molecule has 0 aromatic heterocycles. The molecule has 18 heavy (non-hydrogen) atoms. The number of likely N-dealkylation sites (tertiary alicyclic amines) is 1. The molecule has 0 aliphatic carbocycles. The van der Waals surface area contributed by atoms with Crippen molar-refractivity contribution in [2.75, 3.05) is 33.9 Å². The smallest absolute Gasteiger partial charge is 0.160 e. The summed E-state index contributed by atoms with van der Waals surface area (Å²) in [5, 5.41) is 0. The van der Waals surface area contributed by atoms with Crippen LogP contribution < -0.4 is 9.47 Å². The first kappa shape index (κ1) is 12.9. The molecule has 1 saturated heterocycles. The molecule has 1 heterocycles. The number of nitrogens with zero attached hydrogens (tertiary/aromatic N) is 1. The first-order valence-corrected chi connectivity index (χ1v) is 6.18. The van der Waals surface area contributed by atoms with Gasteiger partial charge in [0, 0.05) is 19.5 Å². The SMILES string of the molecule is COc1ccc(CCN2CCC(=O)C2)cc1OC. The number of Topliss-reactive ketones (excluding diaryl/α,β-unsaturated/α-hetero) is 1. The number of carbonyl (C=O) groups is 1. The zero-order chi connectivity index (χ0) is 13.0. The topological polar surface area (TPSA) is 38.8 Å². The standard InChI is InChI=1S/C14H19NO3/c1-17-13-4-3-11(9-14(13)18-2)5-7-15-8-6-12(16)10-15/h3-4,9H,5-8,10H2,1-2H3. The van der Waals surface area contributed by atoms with E-state index in [2.05, 4.69) is 4.90 Å². The summed E-state index contributed by atoms with van der Waals surface area (Å²) in [6.07, 6.45) is 1.62. The maximum absolute atomic E-state index is 11.2. The predicted molar refractivity (Wildman–Crippen MR) is 69.3 cm³/mol. The summed E-state index contributed by atoms with van der Waals surface area (Å²) in [5.74, 6) is 1.85. The second-order valence-electron chi connectivity index (χ2n) is 4.50. The highest BCUT2D eigenvalue weighted by atomic mass is 16.5. The van der Waals surface area contributed by atoms with E-state index in [4.69, 9.17) is 9.47 Å². The van der Waals surface area contributed by atoms with Gasteiger partial charge in [0.25, 0.3) is 0 Å². The van der Waals surface area contributed by atoms with Crippen LogP contribution in [0.1, 0.15) is 12.0 Å². The lowest BCUT2D eigenvalue weighted by Crippen LogP contribution is -2.23. The number of carbonyl (C=O) groups excluding carboxylic acids is 1. The molecule has 4 heteroatoms.